The van der Waals surface area contributed by atoms with Crippen LogP contribution in [0, 0.1) is 6.92 Å². The molecule has 8 heteroatoms. The van der Waals surface area contributed by atoms with Gasteiger partial charge in [-0.05, 0) is 48.9 Å². The number of nitrogens with zero attached hydrogens (tertiary/aromatic N) is 2. The molecule has 0 unspecified atom stereocenters. The van der Waals surface area contributed by atoms with E-state index in [1.807, 2.05) is 30.3 Å². The standard InChI is InChI=1S/C26H24N2O5S/c1-18-6-5-7-19(14-18)15-28-23-9-4-3-8-22(23)27-26(28)34-17-25(30)32-16-24(29)33-21-12-10-20(31-2)11-13-21/h3-14H,15-17H2,1-2H3. The molecule has 34 heavy (non-hydrogen) atoms. The molecule has 0 saturated heterocycles. The van der Waals surface area contributed by atoms with Gasteiger partial charge in [0.05, 0.1) is 30.4 Å². The van der Waals surface area contributed by atoms with Crippen molar-refractivity contribution in [1.29, 1.82) is 0 Å². The van der Waals surface area contributed by atoms with E-state index in [1.165, 1.54) is 17.3 Å². The third-order valence-electron chi connectivity index (χ3n) is 5.00. The molecule has 0 radical (unpaired) electrons. The summed E-state index contributed by atoms with van der Waals surface area (Å²) in [4.78, 5) is 29.0. The zero-order valence-corrected chi connectivity index (χ0v) is 19.7. The third kappa shape index (κ3) is 5.96. The summed E-state index contributed by atoms with van der Waals surface area (Å²) < 4.78 is 17.4. The zero-order valence-electron chi connectivity index (χ0n) is 18.9. The van der Waals surface area contributed by atoms with E-state index >= 15 is 0 Å². The van der Waals surface area contributed by atoms with Crippen molar-refractivity contribution in [3.8, 4) is 11.5 Å². The van der Waals surface area contributed by atoms with Crippen LogP contribution < -0.4 is 9.47 Å². The Morgan fingerprint density at radius 3 is 2.47 bits per heavy atom. The van der Waals surface area contributed by atoms with Gasteiger partial charge in [0.1, 0.15) is 11.5 Å². The molecule has 0 atom stereocenters. The molecule has 0 N–H and O–H groups in total. The summed E-state index contributed by atoms with van der Waals surface area (Å²) in [5.41, 5.74) is 4.17. The number of esters is 2. The smallest absolute Gasteiger partial charge is 0.349 e. The molecule has 0 aliphatic heterocycles. The molecule has 0 aliphatic carbocycles. The Kier molecular flexibility index (Phi) is 7.49. The van der Waals surface area contributed by atoms with Crippen LogP contribution >= 0.6 is 11.8 Å². The zero-order chi connectivity index (χ0) is 23.9. The summed E-state index contributed by atoms with van der Waals surface area (Å²) in [7, 11) is 1.55. The van der Waals surface area contributed by atoms with Gasteiger partial charge in [-0.3, -0.25) is 4.79 Å². The second-order valence-corrected chi connectivity index (χ2v) is 8.50. The van der Waals surface area contributed by atoms with Gasteiger partial charge >= 0.3 is 11.9 Å². The lowest BCUT2D eigenvalue weighted by Crippen LogP contribution is -2.19. The minimum atomic E-state index is -0.657. The lowest BCUT2D eigenvalue weighted by molar-refractivity contribution is -0.151. The Morgan fingerprint density at radius 2 is 1.71 bits per heavy atom. The van der Waals surface area contributed by atoms with Gasteiger partial charge in [0.15, 0.2) is 11.8 Å². The number of imidazole rings is 1. The summed E-state index contributed by atoms with van der Waals surface area (Å²) in [5, 5.41) is 0.709. The van der Waals surface area contributed by atoms with Crippen LogP contribution in [-0.4, -0.2) is 41.0 Å². The van der Waals surface area contributed by atoms with Crippen molar-refractivity contribution >= 4 is 34.7 Å². The molecule has 0 fully saturated rings. The first-order chi connectivity index (χ1) is 16.5. The number of fused-ring (bicyclic) bond motifs is 1. The van der Waals surface area contributed by atoms with Crippen LogP contribution in [0.15, 0.2) is 78.0 Å². The highest BCUT2D eigenvalue weighted by molar-refractivity contribution is 7.99. The van der Waals surface area contributed by atoms with Gasteiger partial charge in [0, 0.05) is 0 Å². The summed E-state index contributed by atoms with van der Waals surface area (Å²) >= 11 is 1.28. The first-order valence-electron chi connectivity index (χ1n) is 10.7. The number of carbonyl (C=O) groups is 2. The second kappa shape index (κ2) is 10.9. The fourth-order valence-electron chi connectivity index (χ4n) is 3.42. The largest absolute Gasteiger partial charge is 0.497 e. The molecule has 1 heterocycles. The lowest BCUT2D eigenvalue weighted by Gasteiger charge is -2.10. The van der Waals surface area contributed by atoms with Crippen molar-refractivity contribution in [3.63, 3.8) is 0 Å². The number of carbonyl (C=O) groups excluding carboxylic acids is 2. The van der Waals surface area contributed by atoms with Gasteiger partial charge in [-0.25, -0.2) is 9.78 Å². The Hall–Kier alpha value is -3.78. The maximum atomic E-state index is 12.3. The molecule has 4 aromatic rings. The number of aryl methyl sites for hydroxylation is 1. The quantitative estimate of drug-likeness (QED) is 0.198. The SMILES string of the molecule is COc1ccc(OC(=O)COC(=O)CSc2nc3ccccc3n2Cc2cccc(C)c2)cc1. The molecule has 4 rings (SSSR count). The molecule has 7 nitrogen and oxygen atoms in total. The van der Waals surface area contributed by atoms with Crippen LogP contribution in [0.25, 0.3) is 11.0 Å². The molecule has 1 aromatic heterocycles. The molecule has 3 aromatic carbocycles. The summed E-state index contributed by atoms with van der Waals surface area (Å²) in [6, 6.07) is 22.7. The predicted molar refractivity (Wildman–Crippen MR) is 130 cm³/mol. The number of hydrogen-bond acceptors (Lipinski definition) is 7. The highest BCUT2D eigenvalue weighted by atomic mass is 32.2. The van der Waals surface area contributed by atoms with E-state index in [0.717, 1.165) is 16.6 Å². The topological polar surface area (TPSA) is 79.7 Å². The van der Waals surface area contributed by atoms with Crippen molar-refractivity contribution in [1.82, 2.24) is 9.55 Å². The molecular formula is C26H24N2O5S. The first kappa shape index (κ1) is 23.4. The Morgan fingerprint density at radius 1 is 0.941 bits per heavy atom. The molecule has 174 valence electrons. The van der Waals surface area contributed by atoms with Crippen LogP contribution in [0.5, 0.6) is 11.5 Å². The number of aromatic nitrogens is 2. The third-order valence-corrected chi connectivity index (χ3v) is 5.95. The second-order valence-electron chi connectivity index (χ2n) is 7.56. The average molecular weight is 477 g/mol. The van der Waals surface area contributed by atoms with E-state index < -0.39 is 18.5 Å². The maximum absolute atomic E-state index is 12.3. The molecule has 0 aliphatic rings. The van der Waals surface area contributed by atoms with E-state index in [4.69, 9.17) is 14.2 Å². The van der Waals surface area contributed by atoms with Gasteiger partial charge in [-0.2, -0.15) is 0 Å². The highest BCUT2D eigenvalue weighted by Gasteiger charge is 2.15. The number of para-hydroxylation sites is 2. The summed E-state index contributed by atoms with van der Waals surface area (Å²) in [6.07, 6.45) is 0. The van der Waals surface area contributed by atoms with Crippen molar-refractivity contribution in [2.24, 2.45) is 0 Å². The number of ether oxygens (including phenoxy) is 3. The molecule has 0 saturated carbocycles. The van der Waals surface area contributed by atoms with Crippen LogP contribution in [-0.2, 0) is 20.9 Å². The van der Waals surface area contributed by atoms with Crippen molar-refractivity contribution in [2.45, 2.75) is 18.6 Å². The molecule has 0 bridgehead atoms. The predicted octanol–water partition coefficient (Wildman–Crippen LogP) is 4.64. The molecule has 0 spiro atoms. The number of benzene rings is 3. The van der Waals surface area contributed by atoms with Gasteiger partial charge in [-0.15, -0.1) is 0 Å². The lowest BCUT2D eigenvalue weighted by atomic mass is 10.1. The van der Waals surface area contributed by atoms with E-state index in [-0.39, 0.29) is 5.75 Å². The van der Waals surface area contributed by atoms with Crippen LogP contribution in [0.2, 0.25) is 0 Å². The Balaban J connectivity index is 1.36. The van der Waals surface area contributed by atoms with E-state index in [1.54, 1.807) is 31.4 Å². The first-order valence-corrected chi connectivity index (χ1v) is 11.6. The van der Waals surface area contributed by atoms with Crippen LogP contribution in [0.4, 0.5) is 0 Å². The minimum absolute atomic E-state index is 0.0208. The normalized spacial score (nSPS) is 10.8. The summed E-state index contributed by atoms with van der Waals surface area (Å²) in [5.74, 6) is -0.161. The van der Waals surface area contributed by atoms with Gasteiger partial charge in [-0.1, -0.05) is 53.7 Å². The minimum Gasteiger partial charge on any atom is -0.497 e. The van der Waals surface area contributed by atoms with E-state index in [2.05, 4.69) is 34.7 Å². The van der Waals surface area contributed by atoms with E-state index in [9.17, 15) is 9.59 Å². The fourth-order valence-corrected chi connectivity index (χ4v) is 4.23. The van der Waals surface area contributed by atoms with Crippen molar-refractivity contribution in [3.05, 3.63) is 83.9 Å². The molecule has 0 amide bonds. The average Bonchev–Trinajstić information content (AvgIpc) is 3.19. The maximum Gasteiger partial charge on any atom is 0.349 e. The van der Waals surface area contributed by atoms with Crippen molar-refractivity contribution < 1.29 is 23.8 Å². The number of hydrogen-bond donors (Lipinski definition) is 0. The fraction of sp³-hybridized carbons (Fsp3) is 0.192. The van der Waals surface area contributed by atoms with Gasteiger partial charge < -0.3 is 18.8 Å². The Bertz CT molecular complexity index is 1300. The van der Waals surface area contributed by atoms with Gasteiger partial charge in [0.25, 0.3) is 0 Å². The summed E-state index contributed by atoms with van der Waals surface area (Å²) in [6.45, 7) is 2.22. The Labute approximate surface area is 201 Å². The van der Waals surface area contributed by atoms with Crippen molar-refractivity contribution in [2.75, 3.05) is 19.5 Å². The number of thioether (sulfide) groups is 1. The van der Waals surface area contributed by atoms with Crippen LogP contribution in [0.1, 0.15) is 11.1 Å². The monoisotopic (exact) mass is 476 g/mol. The van der Waals surface area contributed by atoms with Crippen LogP contribution in [0.3, 0.4) is 0 Å². The number of rotatable bonds is 9. The van der Waals surface area contributed by atoms with E-state index in [0.29, 0.717) is 23.2 Å². The number of methoxy groups -OCH3 is 1. The molecular weight excluding hydrogens is 452 g/mol. The van der Waals surface area contributed by atoms with Gasteiger partial charge in [0.2, 0.25) is 0 Å². The highest BCUT2D eigenvalue weighted by Crippen LogP contribution is 2.25.